The molecule has 0 spiro atoms. The number of hydrogen-bond donors (Lipinski definition) is 0. The molecule has 4 heterocycles. The molecular weight excluding hydrogens is 488 g/mol. The monoisotopic (exact) mass is 518 g/mol. The van der Waals surface area contributed by atoms with Crippen LogP contribution in [-0.4, -0.2) is 44.1 Å². The fraction of sp³-hybridized carbons (Fsp3) is 0.357. The van der Waals surface area contributed by atoms with Gasteiger partial charge in [-0.1, -0.05) is 74.2 Å². The van der Waals surface area contributed by atoms with E-state index in [9.17, 15) is 9.59 Å². The first-order valence-electron chi connectivity index (χ1n) is 12.4. The van der Waals surface area contributed by atoms with Crippen LogP contribution in [0.5, 0.6) is 0 Å². The number of nitrogens with zero attached hydrogens (tertiary/aromatic N) is 4. The molecule has 2 atom stereocenters. The van der Waals surface area contributed by atoms with Gasteiger partial charge >= 0.3 is 0 Å². The number of aryl methyl sites for hydroxylation is 1. The van der Waals surface area contributed by atoms with E-state index < -0.39 is 0 Å². The lowest BCUT2D eigenvalue weighted by atomic mass is 9.91. The van der Waals surface area contributed by atoms with Crippen molar-refractivity contribution in [2.75, 3.05) is 24.5 Å². The summed E-state index contributed by atoms with van der Waals surface area (Å²) in [5, 5.41) is 0. The molecule has 0 saturated carbocycles. The number of aromatic nitrogens is 2. The van der Waals surface area contributed by atoms with Crippen LogP contribution in [0.4, 0.5) is 5.82 Å². The Morgan fingerprint density at radius 1 is 1.08 bits per heavy atom. The van der Waals surface area contributed by atoms with Gasteiger partial charge in [-0.15, -0.1) is 0 Å². The maximum Gasteiger partial charge on any atom is 0.267 e. The Balaban J connectivity index is 1.53. The van der Waals surface area contributed by atoms with Crippen molar-refractivity contribution >= 4 is 51.7 Å². The zero-order chi connectivity index (χ0) is 25.4. The van der Waals surface area contributed by atoms with Crippen LogP contribution in [-0.2, 0) is 11.2 Å². The summed E-state index contributed by atoms with van der Waals surface area (Å²) in [6.07, 6.45) is 5.38. The number of fused-ring (bicyclic) bond motifs is 1. The van der Waals surface area contributed by atoms with E-state index in [2.05, 4.69) is 18.7 Å². The Bertz CT molecular complexity index is 1410. The van der Waals surface area contributed by atoms with Gasteiger partial charge < -0.3 is 4.90 Å². The summed E-state index contributed by atoms with van der Waals surface area (Å²) in [5.41, 5.74) is 3.01. The summed E-state index contributed by atoms with van der Waals surface area (Å²) in [6.45, 7) is 8.59. The number of thiocarbonyl (C=S) groups is 1. The largest absolute Gasteiger partial charge is 0.355 e. The Hall–Kier alpha value is -2.97. The molecule has 0 N–H and O–H groups in total. The van der Waals surface area contributed by atoms with E-state index in [4.69, 9.17) is 17.2 Å². The molecule has 0 aliphatic carbocycles. The van der Waals surface area contributed by atoms with Crippen molar-refractivity contribution in [1.29, 1.82) is 0 Å². The van der Waals surface area contributed by atoms with Crippen LogP contribution in [0.1, 0.15) is 37.0 Å². The summed E-state index contributed by atoms with van der Waals surface area (Å²) >= 11 is 6.82. The van der Waals surface area contributed by atoms with Crippen LogP contribution in [0.25, 0.3) is 11.7 Å². The van der Waals surface area contributed by atoms with Gasteiger partial charge in [0.05, 0.1) is 10.5 Å². The molecule has 2 aliphatic rings. The van der Waals surface area contributed by atoms with Gasteiger partial charge in [-0.2, -0.15) is 0 Å². The van der Waals surface area contributed by atoms with Gasteiger partial charge in [-0.3, -0.25) is 18.9 Å². The third-order valence-corrected chi connectivity index (χ3v) is 8.15. The second-order valence-electron chi connectivity index (χ2n) is 10.0. The smallest absolute Gasteiger partial charge is 0.267 e. The lowest BCUT2D eigenvalue weighted by molar-refractivity contribution is -0.122. The average molecular weight is 519 g/mol. The van der Waals surface area contributed by atoms with Crippen molar-refractivity contribution in [2.24, 2.45) is 11.8 Å². The molecule has 1 amide bonds. The quantitative estimate of drug-likeness (QED) is 0.353. The number of pyridine rings is 1. The van der Waals surface area contributed by atoms with Gasteiger partial charge in [-0.05, 0) is 54.9 Å². The van der Waals surface area contributed by atoms with Gasteiger partial charge in [0, 0.05) is 25.8 Å². The Labute approximate surface area is 221 Å². The molecule has 2 saturated heterocycles. The molecular formula is C28H30N4O2S2. The summed E-state index contributed by atoms with van der Waals surface area (Å²) in [5.74, 6) is 1.49. The molecule has 2 aromatic heterocycles. The number of anilines is 1. The number of rotatable bonds is 5. The van der Waals surface area contributed by atoms with E-state index in [0.29, 0.717) is 44.6 Å². The van der Waals surface area contributed by atoms with Gasteiger partial charge in [0.2, 0.25) is 0 Å². The standard InChI is InChI=1S/C28H30N4O2S2/c1-18-9-10-24-29-25(30-15-19(2)13-20(3)16-30)22(26(33)32(24)17-18)14-23-27(34)31(28(35)36-23)12-11-21-7-5-4-6-8-21/h4-10,14,17,19-20H,11-13,15-16H2,1-3H3/b23-14+/t19-,20-/m1/s1. The highest BCUT2D eigenvalue weighted by molar-refractivity contribution is 8.26. The summed E-state index contributed by atoms with van der Waals surface area (Å²) in [4.78, 5) is 36.4. The first-order valence-corrected chi connectivity index (χ1v) is 13.6. The van der Waals surface area contributed by atoms with E-state index in [0.717, 1.165) is 37.1 Å². The fourth-order valence-electron chi connectivity index (χ4n) is 5.16. The second kappa shape index (κ2) is 10.2. The highest BCUT2D eigenvalue weighted by Crippen LogP contribution is 2.34. The number of thioether (sulfide) groups is 1. The maximum atomic E-state index is 13.8. The number of carbonyl (C=O) groups is 1. The maximum absolute atomic E-state index is 13.8. The molecule has 2 fully saturated rings. The molecule has 2 aliphatic heterocycles. The summed E-state index contributed by atoms with van der Waals surface area (Å²) in [6, 6.07) is 13.9. The predicted octanol–water partition coefficient (Wildman–Crippen LogP) is 4.93. The highest BCUT2D eigenvalue weighted by atomic mass is 32.2. The fourth-order valence-corrected chi connectivity index (χ4v) is 6.45. The van der Waals surface area contributed by atoms with Gasteiger partial charge in [-0.25, -0.2) is 4.98 Å². The molecule has 0 unspecified atom stereocenters. The van der Waals surface area contributed by atoms with Crippen molar-refractivity contribution in [1.82, 2.24) is 14.3 Å². The summed E-state index contributed by atoms with van der Waals surface area (Å²) < 4.78 is 2.10. The van der Waals surface area contributed by atoms with E-state index in [1.807, 2.05) is 49.4 Å². The predicted molar refractivity (Wildman–Crippen MR) is 151 cm³/mol. The van der Waals surface area contributed by atoms with E-state index >= 15 is 0 Å². The third-order valence-electron chi connectivity index (χ3n) is 6.77. The average Bonchev–Trinajstić information content (AvgIpc) is 3.11. The van der Waals surface area contributed by atoms with Crippen LogP contribution in [0.2, 0.25) is 0 Å². The minimum Gasteiger partial charge on any atom is -0.355 e. The minimum absolute atomic E-state index is 0.152. The van der Waals surface area contributed by atoms with Gasteiger partial charge in [0.15, 0.2) is 0 Å². The van der Waals surface area contributed by atoms with Crippen LogP contribution < -0.4 is 10.5 Å². The molecule has 5 rings (SSSR count). The molecule has 186 valence electrons. The Morgan fingerprint density at radius 3 is 2.53 bits per heavy atom. The molecule has 6 nitrogen and oxygen atoms in total. The second-order valence-corrected chi connectivity index (χ2v) is 11.7. The van der Waals surface area contributed by atoms with Crippen LogP contribution in [0.15, 0.2) is 58.4 Å². The highest BCUT2D eigenvalue weighted by Gasteiger charge is 2.33. The molecule has 3 aromatic rings. The number of hydrogen-bond acceptors (Lipinski definition) is 6. The van der Waals surface area contributed by atoms with E-state index in [-0.39, 0.29) is 11.5 Å². The van der Waals surface area contributed by atoms with E-state index in [1.54, 1.807) is 21.6 Å². The molecule has 36 heavy (non-hydrogen) atoms. The first-order chi connectivity index (χ1) is 17.3. The van der Waals surface area contributed by atoms with Crippen LogP contribution >= 0.6 is 24.0 Å². The molecule has 8 heteroatoms. The minimum atomic E-state index is -0.167. The zero-order valence-electron chi connectivity index (χ0n) is 20.8. The Kier molecular flexibility index (Phi) is 6.99. The van der Waals surface area contributed by atoms with Gasteiger partial charge in [0.1, 0.15) is 15.8 Å². The number of amides is 1. The van der Waals surface area contributed by atoms with Gasteiger partial charge in [0.25, 0.3) is 11.5 Å². The topological polar surface area (TPSA) is 57.9 Å². The van der Waals surface area contributed by atoms with Crippen molar-refractivity contribution in [3.8, 4) is 0 Å². The Morgan fingerprint density at radius 2 is 1.81 bits per heavy atom. The van der Waals surface area contributed by atoms with Crippen LogP contribution in [0.3, 0.4) is 0 Å². The van der Waals surface area contributed by atoms with Crippen molar-refractivity contribution in [3.63, 3.8) is 0 Å². The number of piperidine rings is 1. The van der Waals surface area contributed by atoms with Crippen molar-refractivity contribution in [3.05, 3.63) is 80.6 Å². The van der Waals surface area contributed by atoms with Crippen molar-refractivity contribution in [2.45, 2.75) is 33.6 Å². The number of benzene rings is 1. The molecule has 0 radical (unpaired) electrons. The number of carbonyl (C=O) groups excluding carboxylic acids is 1. The first kappa shape index (κ1) is 24.7. The SMILES string of the molecule is Cc1ccc2nc(N3C[C@H](C)C[C@@H](C)C3)c(/C=C3/SC(=S)N(CCc4ccccc4)C3=O)c(=O)n2c1. The van der Waals surface area contributed by atoms with Crippen molar-refractivity contribution < 1.29 is 4.79 Å². The molecule has 0 bridgehead atoms. The van der Waals surface area contributed by atoms with E-state index in [1.165, 1.54) is 11.8 Å². The summed E-state index contributed by atoms with van der Waals surface area (Å²) in [7, 11) is 0. The lowest BCUT2D eigenvalue weighted by Gasteiger charge is -2.36. The van der Waals surface area contributed by atoms with Crippen LogP contribution in [0, 0.1) is 18.8 Å². The third kappa shape index (κ3) is 4.97. The zero-order valence-corrected chi connectivity index (χ0v) is 22.4. The molecule has 1 aromatic carbocycles. The normalized spacial score (nSPS) is 21.7. The lowest BCUT2D eigenvalue weighted by Crippen LogP contribution is -2.40.